The van der Waals surface area contributed by atoms with Crippen molar-refractivity contribution < 1.29 is 9.53 Å². The van der Waals surface area contributed by atoms with E-state index in [4.69, 9.17) is 16.3 Å². The number of halogens is 1. The van der Waals surface area contributed by atoms with E-state index in [1.54, 1.807) is 6.20 Å². The van der Waals surface area contributed by atoms with E-state index in [9.17, 15) is 4.79 Å². The van der Waals surface area contributed by atoms with Gasteiger partial charge in [0.2, 0.25) is 11.8 Å². The van der Waals surface area contributed by atoms with Crippen LogP contribution in [0.1, 0.15) is 44.1 Å². The number of aromatic nitrogens is 2. The van der Waals surface area contributed by atoms with Crippen LogP contribution >= 0.6 is 11.6 Å². The Labute approximate surface area is 187 Å². The summed E-state index contributed by atoms with van der Waals surface area (Å²) in [5, 5.41) is 0.707. The lowest BCUT2D eigenvalue weighted by molar-refractivity contribution is -0.139. The number of fused-ring (bicyclic) bond motifs is 1. The van der Waals surface area contributed by atoms with Crippen LogP contribution in [0.4, 0.5) is 0 Å². The van der Waals surface area contributed by atoms with Gasteiger partial charge in [0.05, 0.1) is 22.6 Å². The van der Waals surface area contributed by atoms with E-state index in [1.165, 1.54) is 0 Å². The SMILES string of the molecule is O=C(N1CCC(Oc2cnc3ccccc3n2)CC1)C1(c2ccc(Cl)cc2)CCCC1. The van der Waals surface area contributed by atoms with Crippen molar-refractivity contribution in [3.8, 4) is 5.88 Å². The van der Waals surface area contributed by atoms with Gasteiger partial charge < -0.3 is 9.64 Å². The van der Waals surface area contributed by atoms with Crippen molar-refractivity contribution in [2.75, 3.05) is 13.1 Å². The van der Waals surface area contributed by atoms with Crippen LogP contribution < -0.4 is 4.74 Å². The number of ether oxygens (including phenoxy) is 1. The van der Waals surface area contributed by atoms with Crippen molar-refractivity contribution in [3.63, 3.8) is 0 Å². The van der Waals surface area contributed by atoms with Gasteiger partial charge in [0, 0.05) is 31.0 Å². The molecule has 31 heavy (non-hydrogen) atoms. The highest BCUT2D eigenvalue weighted by molar-refractivity contribution is 6.30. The highest BCUT2D eigenvalue weighted by Gasteiger charge is 2.45. The molecule has 5 rings (SSSR count). The smallest absolute Gasteiger partial charge is 0.233 e. The first-order valence-corrected chi connectivity index (χ1v) is 11.5. The van der Waals surface area contributed by atoms with Gasteiger partial charge in [-0.15, -0.1) is 0 Å². The van der Waals surface area contributed by atoms with E-state index in [0.717, 1.165) is 55.1 Å². The second kappa shape index (κ2) is 8.46. The standard InChI is InChI=1S/C25H26ClN3O2/c26-19-9-7-18(8-10-19)25(13-3-4-14-25)24(30)29-15-11-20(12-16-29)31-23-17-27-21-5-1-2-6-22(21)28-23/h1-2,5-10,17,20H,3-4,11-16H2. The lowest BCUT2D eigenvalue weighted by Crippen LogP contribution is -2.50. The third kappa shape index (κ3) is 3.99. The molecule has 5 nitrogen and oxygen atoms in total. The Kier molecular flexibility index (Phi) is 5.53. The second-order valence-electron chi connectivity index (χ2n) is 8.60. The van der Waals surface area contributed by atoms with E-state index < -0.39 is 5.41 Å². The van der Waals surface area contributed by atoms with E-state index in [2.05, 4.69) is 9.97 Å². The first kappa shape index (κ1) is 20.3. The number of hydrogen-bond acceptors (Lipinski definition) is 4. The fourth-order valence-electron chi connectivity index (χ4n) is 5.02. The first-order valence-electron chi connectivity index (χ1n) is 11.1. The van der Waals surface area contributed by atoms with Crippen LogP contribution in [0.25, 0.3) is 11.0 Å². The van der Waals surface area contributed by atoms with Gasteiger partial charge in [-0.25, -0.2) is 9.97 Å². The largest absolute Gasteiger partial charge is 0.473 e. The van der Waals surface area contributed by atoms with Crippen LogP contribution in [-0.4, -0.2) is 40.0 Å². The minimum Gasteiger partial charge on any atom is -0.473 e. The van der Waals surface area contributed by atoms with Gasteiger partial charge in [-0.05, 0) is 42.7 Å². The number of carbonyl (C=O) groups is 1. The number of para-hydroxylation sites is 2. The molecule has 0 unspecified atom stereocenters. The van der Waals surface area contributed by atoms with Gasteiger partial charge >= 0.3 is 0 Å². The van der Waals surface area contributed by atoms with Crippen LogP contribution in [0.5, 0.6) is 5.88 Å². The molecule has 2 aliphatic rings. The zero-order valence-electron chi connectivity index (χ0n) is 17.5. The fraction of sp³-hybridized carbons (Fsp3) is 0.400. The van der Waals surface area contributed by atoms with E-state index in [-0.39, 0.29) is 12.0 Å². The Hall–Kier alpha value is -2.66. The molecule has 0 radical (unpaired) electrons. The Bertz CT molecular complexity index is 1070. The minimum atomic E-state index is -0.401. The highest BCUT2D eigenvalue weighted by Crippen LogP contribution is 2.43. The Morgan fingerprint density at radius 2 is 1.68 bits per heavy atom. The molecule has 3 aromatic rings. The van der Waals surface area contributed by atoms with Crippen molar-refractivity contribution in [2.24, 2.45) is 0 Å². The summed E-state index contributed by atoms with van der Waals surface area (Å²) in [6.07, 6.45) is 7.35. The van der Waals surface area contributed by atoms with Crippen molar-refractivity contribution in [1.82, 2.24) is 14.9 Å². The summed E-state index contributed by atoms with van der Waals surface area (Å²) in [4.78, 5) is 24.7. The molecule has 0 spiro atoms. The number of amides is 1. The van der Waals surface area contributed by atoms with Crippen LogP contribution in [0, 0.1) is 0 Å². The summed E-state index contributed by atoms with van der Waals surface area (Å²) in [6, 6.07) is 15.6. The quantitative estimate of drug-likeness (QED) is 0.567. The molecule has 2 aromatic carbocycles. The molecule has 2 heterocycles. The molecule has 1 aliphatic carbocycles. The van der Waals surface area contributed by atoms with Crippen LogP contribution in [0.15, 0.2) is 54.7 Å². The number of hydrogen-bond donors (Lipinski definition) is 0. The van der Waals surface area contributed by atoms with E-state index in [0.29, 0.717) is 24.0 Å². The molecule has 0 N–H and O–H groups in total. The highest BCUT2D eigenvalue weighted by atomic mass is 35.5. The Morgan fingerprint density at radius 3 is 2.39 bits per heavy atom. The summed E-state index contributed by atoms with van der Waals surface area (Å²) in [7, 11) is 0. The number of benzene rings is 2. The molecule has 6 heteroatoms. The molecule has 0 bridgehead atoms. The Morgan fingerprint density at radius 1 is 1.00 bits per heavy atom. The van der Waals surface area contributed by atoms with Gasteiger partial charge in [-0.2, -0.15) is 0 Å². The molecule has 1 saturated heterocycles. The summed E-state index contributed by atoms with van der Waals surface area (Å²) < 4.78 is 6.11. The molecule has 1 saturated carbocycles. The lowest BCUT2D eigenvalue weighted by Gasteiger charge is -2.38. The average molecular weight is 436 g/mol. The molecular weight excluding hydrogens is 410 g/mol. The third-order valence-electron chi connectivity index (χ3n) is 6.71. The maximum Gasteiger partial charge on any atom is 0.233 e. The summed E-state index contributed by atoms with van der Waals surface area (Å²) in [6.45, 7) is 1.42. The van der Waals surface area contributed by atoms with E-state index in [1.807, 2.05) is 53.4 Å². The summed E-state index contributed by atoms with van der Waals surface area (Å²) >= 11 is 6.09. The third-order valence-corrected chi connectivity index (χ3v) is 6.96. The summed E-state index contributed by atoms with van der Waals surface area (Å²) in [5.74, 6) is 0.813. The second-order valence-corrected chi connectivity index (χ2v) is 9.04. The molecule has 1 aromatic heterocycles. The maximum atomic E-state index is 13.6. The van der Waals surface area contributed by atoms with Gasteiger partial charge in [-0.3, -0.25) is 4.79 Å². The van der Waals surface area contributed by atoms with Gasteiger partial charge in [0.1, 0.15) is 6.10 Å². The monoisotopic (exact) mass is 435 g/mol. The molecule has 1 aliphatic heterocycles. The van der Waals surface area contributed by atoms with Crippen LogP contribution in [-0.2, 0) is 10.2 Å². The first-order chi connectivity index (χ1) is 15.1. The van der Waals surface area contributed by atoms with Crippen molar-refractivity contribution in [3.05, 3.63) is 65.3 Å². The fourth-order valence-corrected chi connectivity index (χ4v) is 5.15. The topological polar surface area (TPSA) is 55.3 Å². The molecule has 1 amide bonds. The minimum absolute atomic E-state index is 0.0505. The van der Waals surface area contributed by atoms with Gasteiger partial charge in [0.25, 0.3) is 0 Å². The molecule has 2 fully saturated rings. The maximum absolute atomic E-state index is 13.6. The normalized spacial score (nSPS) is 18.9. The predicted molar refractivity (Wildman–Crippen MR) is 121 cm³/mol. The van der Waals surface area contributed by atoms with Crippen molar-refractivity contribution in [2.45, 2.75) is 50.0 Å². The lowest BCUT2D eigenvalue weighted by atomic mass is 9.77. The average Bonchev–Trinajstić information content (AvgIpc) is 3.31. The van der Waals surface area contributed by atoms with Crippen LogP contribution in [0.2, 0.25) is 5.02 Å². The van der Waals surface area contributed by atoms with Crippen molar-refractivity contribution >= 4 is 28.5 Å². The van der Waals surface area contributed by atoms with Crippen LogP contribution in [0.3, 0.4) is 0 Å². The molecular formula is C25H26ClN3O2. The number of nitrogens with zero attached hydrogens (tertiary/aromatic N) is 3. The number of likely N-dealkylation sites (tertiary alicyclic amines) is 1. The van der Waals surface area contributed by atoms with Crippen molar-refractivity contribution in [1.29, 1.82) is 0 Å². The number of carbonyl (C=O) groups excluding carboxylic acids is 1. The zero-order valence-corrected chi connectivity index (χ0v) is 18.2. The number of rotatable bonds is 4. The summed E-state index contributed by atoms with van der Waals surface area (Å²) in [5.41, 5.74) is 2.39. The molecule has 0 atom stereocenters. The zero-order chi connectivity index (χ0) is 21.3. The Balaban J connectivity index is 1.25. The van der Waals surface area contributed by atoms with Gasteiger partial charge in [0.15, 0.2) is 0 Å². The molecule has 160 valence electrons. The predicted octanol–water partition coefficient (Wildman–Crippen LogP) is 5.17. The van der Waals surface area contributed by atoms with E-state index >= 15 is 0 Å². The van der Waals surface area contributed by atoms with Gasteiger partial charge in [-0.1, -0.05) is 48.7 Å². The number of piperidine rings is 1.